The van der Waals surface area contributed by atoms with Crippen LogP contribution in [0.15, 0.2) is 24.3 Å². The molecule has 0 radical (unpaired) electrons. The van der Waals surface area contributed by atoms with Crippen LogP contribution in [0.1, 0.15) is 25.8 Å². The summed E-state index contributed by atoms with van der Waals surface area (Å²) < 4.78 is 5.05. The number of hydrogen-bond donors (Lipinski definition) is 1. The SMILES string of the molecule is CC(Cl)CN(CCCl)CCCl.CCOC(=O)[C@H](CCSC)NC(=O)Cc1ccc(N(CCCl)CCCl)cc1.Cl. The van der Waals surface area contributed by atoms with Crippen molar-refractivity contribution < 1.29 is 14.3 Å². The lowest BCUT2D eigenvalue weighted by Gasteiger charge is -2.23. The molecule has 0 fully saturated rings. The van der Waals surface area contributed by atoms with Gasteiger partial charge in [0, 0.05) is 67.3 Å². The Labute approximate surface area is 270 Å². The van der Waals surface area contributed by atoms with E-state index in [2.05, 4.69) is 15.1 Å². The average Bonchev–Trinajstić information content (AvgIpc) is 2.87. The second kappa shape index (κ2) is 26.9. The summed E-state index contributed by atoms with van der Waals surface area (Å²) >= 11 is 30.3. The number of hydrogen-bond acceptors (Lipinski definition) is 6. The van der Waals surface area contributed by atoms with Crippen molar-refractivity contribution in [3.05, 3.63) is 29.8 Å². The van der Waals surface area contributed by atoms with E-state index < -0.39 is 6.04 Å². The molecule has 13 heteroatoms. The van der Waals surface area contributed by atoms with E-state index in [0.29, 0.717) is 49.6 Å². The van der Waals surface area contributed by atoms with Gasteiger partial charge in [-0.2, -0.15) is 11.8 Å². The van der Waals surface area contributed by atoms with Crippen molar-refractivity contribution in [3.63, 3.8) is 0 Å². The first-order valence-corrected chi connectivity index (χ1v) is 16.6. The van der Waals surface area contributed by atoms with Gasteiger partial charge in [0.2, 0.25) is 5.91 Å². The topological polar surface area (TPSA) is 61.9 Å². The number of nitrogens with one attached hydrogen (secondary N) is 1. The van der Waals surface area contributed by atoms with Gasteiger partial charge in [-0.15, -0.1) is 70.4 Å². The summed E-state index contributed by atoms with van der Waals surface area (Å²) in [5.41, 5.74) is 1.89. The van der Waals surface area contributed by atoms with Crippen molar-refractivity contribution in [2.45, 2.75) is 38.1 Å². The molecule has 1 unspecified atom stereocenters. The summed E-state index contributed by atoms with van der Waals surface area (Å²) in [7, 11) is 0. The minimum atomic E-state index is -0.605. The fraction of sp³-hybridized carbons (Fsp3) is 0.692. The van der Waals surface area contributed by atoms with Crippen molar-refractivity contribution in [2.24, 2.45) is 0 Å². The van der Waals surface area contributed by atoms with Gasteiger partial charge in [-0.3, -0.25) is 9.69 Å². The number of ether oxygens (including phenoxy) is 1. The molecular formula is C26H43Cl6N3O3S. The Morgan fingerprint density at radius 3 is 1.95 bits per heavy atom. The second-order valence-corrected chi connectivity index (χ2v) is 11.6. The molecular weight excluding hydrogens is 647 g/mol. The lowest BCUT2D eigenvalue weighted by molar-refractivity contribution is -0.147. The summed E-state index contributed by atoms with van der Waals surface area (Å²) in [6.45, 7) is 8.04. The fourth-order valence-electron chi connectivity index (χ4n) is 3.45. The third kappa shape index (κ3) is 20.5. The lowest BCUT2D eigenvalue weighted by atomic mass is 10.1. The number of anilines is 1. The Bertz CT molecular complexity index is 738. The second-order valence-electron chi connectivity index (χ2n) is 8.32. The maximum absolute atomic E-state index is 12.3. The molecule has 0 saturated heterocycles. The number of rotatable bonds is 19. The highest BCUT2D eigenvalue weighted by Gasteiger charge is 2.21. The van der Waals surface area contributed by atoms with Gasteiger partial charge in [-0.05, 0) is 50.0 Å². The monoisotopic (exact) mass is 687 g/mol. The van der Waals surface area contributed by atoms with E-state index in [4.69, 9.17) is 62.7 Å². The summed E-state index contributed by atoms with van der Waals surface area (Å²) in [6.07, 6.45) is 2.72. The van der Waals surface area contributed by atoms with Crippen LogP contribution in [0.3, 0.4) is 0 Å². The van der Waals surface area contributed by atoms with Crippen LogP contribution in [0.5, 0.6) is 0 Å². The highest BCUT2D eigenvalue weighted by atomic mass is 35.5. The van der Waals surface area contributed by atoms with E-state index in [9.17, 15) is 9.59 Å². The van der Waals surface area contributed by atoms with Crippen molar-refractivity contribution in [1.29, 1.82) is 0 Å². The first-order valence-electron chi connectivity index (χ1n) is 12.6. The number of halogens is 6. The van der Waals surface area contributed by atoms with E-state index in [1.807, 2.05) is 37.4 Å². The Morgan fingerprint density at radius 2 is 1.51 bits per heavy atom. The zero-order valence-electron chi connectivity index (χ0n) is 23.0. The van der Waals surface area contributed by atoms with E-state index in [-0.39, 0.29) is 36.1 Å². The molecule has 6 nitrogen and oxygen atoms in total. The molecule has 2 atom stereocenters. The third-order valence-electron chi connectivity index (χ3n) is 5.20. The van der Waals surface area contributed by atoms with Gasteiger partial charge in [0.05, 0.1) is 13.0 Å². The zero-order chi connectivity index (χ0) is 28.8. The number of benzene rings is 1. The van der Waals surface area contributed by atoms with Crippen LogP contribution in [0.2, 0.25) is 0 Å². The highest BCUT2D eigenvalue weighted by molar-refractivity contribution is 7.98. The van der Waals surface area contributed by atoms with Gasteiger partial charge in [0.1, 0.15) is 6.04 Å². The maximum atomic E-state index is 12.3. The van der Waals surface area contributed by atoms with Crippen LogP contribution in [0.25, 0.3) is 0 Å². The molecule has 0 aliphatic heterocycles. The molecule has 0 bridgehead atoms. The van der Waals surface area contributed by atoms with Crippen molar-refractivity contribution in [1.82, 2.24) is 10.2 Å². The Balaban J connectivity index is 0. The van der Waals surface area contributed by atoms with Crippen LogP contribution in [-0.2, 0) is 20.7 Å². The molecule has 1 aromatic rings. The molecule has 0 aliphatic rings. The molecule has 1 N–H and O–H groups in total. The molecule has 228 valence electrons. The molecule has 0 saturated carbocycles. The molecule has 0 aliphatic carbocycles. The molecule has 39 heavy (non-hydrogen) atoms. The summed E-state index contributed by atoms with van der Waals surface area (Å²) in [4.78, 5) is 28.6. The number of nitrogens with zero attached hydrogens (tertiary/aromatic N) is 2. The van der Waals surface area contributed by atoms with Crippen molar-refractivity contribution in [2.75, 3.05) is 79.8 Å². The summed E-state index contributed by atoms with van der Waals surface area (Å²) in [5, 5.41) is 2.96. The molecule has 0 spiro atoms. The van der Waals surface area contributed by atoms with E-state index in [0.717, 1.165) is 36.6 Å². The highest BCUT2D eigenvalue weighted by Crippen LogP contribution is 2.16. The minimum absolute atomic E-state index is 0. The number of amides is 1. The van der Waals surface area contributed by atoms with Gasteiger partial charge < -0.3 is 15.0 Å². The molecule has 1 amide bonds. The molecule has 0 aromatic heterocycles. The van der Waals surface area contributed by atoms with E-state index in [1.54, 1.807) is 18.7 Å². The van der Waals surface area contributed by atoms with Crippen LogP contribution in [0, 0.1) is 0 Å². The quantitative estimate of drug-likeness (QED) is 0.139. The maximum Gasteiger partial charge on any atom is 0.328 e. The third-order valence-corrected chi connectivity index (χ3v) is 6.66. The number of carbonyl (C=O) groups is 2. The van der Waals surface area contributed by atoms with Gasteiger partial charge in [-0.1, -0.05) is 12.1 Å². The largest absolute Gasteiger partial charge is 0.464 e. The number of alkyl halides is 5. The predicted octanol–water partition coefficient (Wildman–Crippen LogP) is 6.13. The number of carbonyl (C=O) groups excluding carboxylic acids is 2. The van der Waals surface area contributed by atoms with Crippen LogP contribution in [-0.4, -0.2) is 103 Å². The van der Waals surface area contributed by atoms with Gasteiger partial charge in [-0.25, -0.2) is 4.79 Å². The Kier molecular flexibility index (Phi) is 28.4. The van der Waals surface area contributed by atoms with Crippen LogP contribution >= 0.6 is 82.2 Å². The van der Waals surface area contributed by atoms with Crippen LogP contribution in [0.4, 0.5) is 5.69 Å². The summed E-state index contributed by atoms with van der Waals surface area (Å²) in [6, 6.07) is 7.13. The van der Waals surface area contributed by atoms with Gasteiger partial charge in [0.25, 0.3) is 0 Å². The standard InChI is InChI=1S/C19H28Cl2N2O3S.C7H14Cl3N.ClH/c1-3-26-19(25)17(8-13-27-2)22-18(24)14-15-4-6-16(7-5-15)23(11-9-20)12-10-21;1-7(10)6-11(4-2-8)5-3-9;/h4-7,17H,3,8-14H2,1-2H3,(H,22,24);7H,2-6H2,1H3;1H/t17-;;/m0../s1. The lowest BCUT2D eigenvalue weighted by Crippen LogP contribution is -2.43. The first kappa shape index (κ1) is 41.1. The Morgan fingerprint density at radius 1 is 0.974 bits per heavy atom. The smallest absolute Gasteiger partial charge is 0.328 e. The van der Waals surface area contributed by atoms with E-state index >= 15 is 0 Å². The Hall–Kier alpha value is 0.01000. The predicted molar refractivity (Wildman–Crippen MR) is 176 cm³/mol. The van der Waals surface area contributed by atoms with Gasteiger partial charge >= 0.3 is 5.97 Å². The number of esters is 1. The van der Waals surface area contributed by atoms with Crippen molar-refractivity contribution in [3.8, 4) is 0 Å². The normalized spacial score (nSPS) is 12.0. The molecule has 0 heterocycles. The molecule has 1 rings (SSSR count). The molecule has 1 aromatic carbocycles. The first-order chi connectivity index (χ1) is 18.3. The van der Waals surface area contributed by atoms with Crippen LogP contribution < -0.4 is 10.2 Å². The average molecular weight is 690 g/mol. The minimum Gasteiger partial charge on any atom is -0.464 e. The zero-order valence-corrected chi connectivity index (χ0v) is 28.4. The number of thioether (sulfide) groups is 1. The summed E-state index contributed by atoms with van der Waals surface area (Å²) in [5.74, 6) is 2.52. The van der Waals surface area contributed by atoms with Gasteiger partial charge in [0.15, 0.2) is 0 Å². The van der Waals surface area contributed by atoms with E-state index in [1.165, 1.54) is 0 Å². The van der Waals surface area contributed by atoms with Crippen molar-refractivity contribution >= 4 is 99.7 Å². The fourth-order valence-corrected chi connectivity index (χ4v) is 5.00.